The maximum absolute atomic E-state index is 13.2. The third kappa shape index (κ3) is 6.47. The first kappa shape index (κ1) is 27.5. The standard InChI is InChI=1S/C32H32ClN7O2/c33-27-19-35-32-37-25-3-1-2-20(16-25)4-5-23-18-26(36-30(27)39-32)10-11-28(23)38-29(41)17-21-12-14-40(15-13-21)31(42)22-6-8-24(34)9-7-22/h1-3,6-11,16,18-19,21H,4-5,12-15,17,34H2,(H,38,41)(H2,35,36,37,39). The van der Waals surface area contributed by atoms with E-state index < -0.39 is 0 Å². The lowest BCUT2D eigenvalue weighted by Gasteiger charge is -2.32. The predicted octanol–water partition coefficient (Wildman–Crippen LogP) is 6.18. The van der Waals surface area contributed by atoms with Crippen molar-refractivity contribution in [2.75, 3.05) is 34.8 Å². The van der Waals surface area contributed by atoms with Crippen molar-refractivity contribution in [2.24, 2.45) is 5.92 Å². The molecule has 1 aromatic heterocycles. The number of amides is 2. The maximum Gasteiger partial charge on any atom is 0.253 e. The molecule has 6 rings (SSSR count). The van der Waals surface area contributed by atoms with E-state index in [1.54, 1.807) is 30.5 Å². The number of rotatable bonds is 4. The van der Waals surface area contributed by atoms with Crippen LogP contribution in [0.2, 0.25) is 5.02 Å². The Morgan fingerprint density at radius 1 is 0.976 bits per heavy atom. The molecule has 214 valence electrons. The van der Waals surface area contributed by atoms with E-state index in [4.69, 9.17) is 17.3 Å². The molecule has 10 heteroatoms. The van der Waals surface area contributed by atoms with Crippen LogP contribution in [-0.4, -0.2) is 39.8 Å². The first-order valence-corrected chi connectivity index (χ1v) is 14.5. The van der Waals surface area contributed by atoms with Gasteiger partial charge in [-0.25, -0.2) is 4.98 Å². The topological polar surface area (TPSA) is 125 Å². The van der Waals surface area contributed by atoms with Gasteiger partial charge in [0, 0.05) is 47.8 Å². The SMILES string of the molecule is Nc1ccc(C(=O)N2CCC(CC(=O)Nc3ccc4cc3CCc3cccc(c3)Nc3ncc(Cl)c(n3)N4)CC2)cc1. The van der Waals surface area contributed by atoms with Crippen molar-refractivity contribution in [3.05, 3.63) is 94.6 Å². The third-order valence-corrected chi connectivity index (χ3v) is 8.06. The number of nitrogen functional groups attached to an aromatic ring is 1. The summed E-state index contributed by atoms with van der Waals surface area (Å²) < 4.78 is 0. The number of benzene rings is 3. The Labute approximate surface area is 249 Å². The molecule has 0 radical (unpaired) electrons. The van der Waals surface area contributed by atoms with Gasteiger partial charge in [-0.15, -0.1) is 0 Å². The highest BCUT2D eigenvalue weighted by Gasteiger charge is 2.25. The zero-order valence-corrected chi connectivity index (χ0v) is 23.8. The van der Waals surface area contributed by atoms with Crippen LogP contribution in [0.1, 0.15) is 40.7 Å². The van der Waals surface area contributed by atoms with Crippen LogP contribution in [0.4, 0.5) is 34.5 Å². The number of hydrogen-bond acceptors (Lipinski definition) is 7. The molecule has 1 saturated heterocycles. The number of anilines is 6. The van der Waals surface area contributed by atoms with Gasteiger partial charge in [0.05, 0.1) is 6.20 Å². The number of fused-ring (bicyclic) bond motifs is 6. The lowest BCUT2D eigenvalue weighted by atomic mass is 9.92. The number of aromatic nitrogens is 2. The van der Waals surface area contributed by atoms with Crippen LogP contribution in [0.5, 0.6) is 0 Å². The molecule has 4 aromatic rings. The summed E-state index contributed by atoms with van der Waals surface area (Å²) in [6.45, 7) is 1.27. The predicted molar refractivity (Wildman–Crippen MR) is 167 cm³/mol. The molecule has 6 bridgehead atoms. The Hall–Kier alpha value is -4.63. The number of aryl methyl sites for hydroxylation is 2. The van der Waals surface area contributed by atoms with E-state index in [0.717, 1.165) is 53.9 Å². The van der Waals surface area contributed by atoms with Crippen LogP contribution in [0.3, 0.4) is 0 Å². The Morgan fingerprint density at radius 3 is 2.57 bits per heavy atom. The lowest BCUT2D eigenvalue weighted by molar-refractivity contribution is -0.117. The largest absolute Gasteiger partial charge is 0.399 e. The summed E-state index contributed by atoms with van der Waals surface area (Å²) in [5.74, 6) is 1.15. The van der Waals surface area contributed by atoms with Gasteiger partial charge in [-0.1, -0.05) is 23.7 Å². The van der Waals surface area contributed by atoms with Crippen LogP contribution in [0.15, 0.2) is 72.9 Å². The Kier molecular flexibility index (Phi) is 7.92. The highest BCUT2D eigenvalue weighted by atomic mass is 35.5. The van der Waals surface area contributed by atoms with Gasteiger partial charge in [0.25, 0.3) is 5.91 Å². The minimum Gasteiger partial charge on any atom is -0.399 e. The van der Waals surface area contributed by atoms with Crippen molar-refractivity contribution in [1.29, 1.82) is 0 Å². The van der Waals surface area contributed by atoms with Crippen LogP contribution in [0.25, 0.3) is 0 Å². The number of nitrogens with two attached hydrogens (primary N) is 1. The zero-order valence-electron chi connectivity index (χ0n) is 23.1. The summed E-state index contributed by atoms with van der Waals surface area (Å²) in [7, 11) is 0. The van der Waals surface area contributed by atoms with Crippen molar-refractivity contribution >= 4 is 57.9 Å². The van der Waals surface area contributed by atoms with Crippen molar-refractivity contribution < 1.29 is 9.59 Å². The molecule has 2 aliphatic heterocycles. The normalized spacial score (nSPS) is 14.8. The van der Waals surface area contributed by atoms with Gasteiger partial charge in [-0.2, -0.15) is 4.98 Å². The van der Waals surface area contributed by atoms with Gasteiger partial charge >= 0.3 is 0 Å². The molecular weight excluding hydrogens is 550 g/mol. The number of likely N-dealkylation sites (tertiary alicyclic amines) is 1. The van der Waals surface area contributed by atoms with E-state index in [1.165, 1.54) is 0 Å². The number of nitrogens with one attached hydrogen (secondary N) is 3. The number of nitrogens with zero attached hydrogens (tertiary/aromatic N) is 3. The molecule has 0 unspecified atom stereocenters. The van der Waals surface area contributed by atoms with Crippen LogP contribution in [-0.2, 0) is 17.6 Å². The highest BCUT2D eigenvalue weighted by Crippen LogP contribution is 2.30. The average Bonchev–Trinajstić information content (AvgIpc) is 2.99. The summed E-state index contributed by atoms with van der Waals surface area (Å²) in [5, 5.41) is 10.1. The Balaban J connectivity index is 1.13. The number of hydrogen-bond donors (Lipinski definition) is 4. The first-order chi connectivity index (χ1) is 20.4. The van der Waals surface area contributed by atoms with Gasteiger partial charge in [-0.05, 0) is 97.3 Å². The van der Waals surface area contributed by atoms with Crippen molar-refractivity contribution in [2.45, 2.75) is 32.1 Å². The summed E-state index contributed by atoms with van der Waals surface area (Å²) >= 11 is 6.39. The molecule has 9 nitrogen and oxygen atoms in total. The van der Waals surface area contributed by atoms with Gasteiger partial charge in [0.15, 0.2) is 5.82 Å². The smallest absolute Gasteiger partial charge is 0.253 e. The second-order valence-electron chi connectivity index (χ2n) is 10.8. The van der Waals surface area contributed by atoms with Gasteiger partial charge in [-0.3, -0.25) is 9.59 Å². The summed E-state index contributed by atoms with van der Waals surface area (Å²) in [4.78, 5) is 36.7. The minimum atomic E-state index is -0.0205. The molecular formula is C32H32ClN7O2. The van der Waals surface area contributed by atoms with Crippen LogP contribution >= 0.6 is 11.6 Å². The fourth-order valence-corrected chi connectivity index (χ4v) is 5.61. The van der Waals surface area contributed by atoms with E-state index in [1.807, 2.05) is 35.2 Å². The molecule has 0 aliphatic carbocycles. The quantitative estimate of drug-likeness (QED) is 0.212. The van der Waals surface area contributed by atoms with Crippen LogP contribution < -0.4 is 21.7 Å². The van der Waals surface area contributed by atoms with E-state index >= 15 is 0 Å². The summed E-state index contributed by atoms with van der Waals surface area (Å²) in [6.07, 6.45) is 5.08. The van der Waals surface area contributed by atoms with Crippen molar-refractivity contribution in [1.82, 2.24) is 14.9 Å². The molecule has 1 fully saturated rings. The van der Waals surface area contributed by atoms with E-state index in [2.05, 4.69) is 38.1 Å². The number of piperidine rings is 1. The average molecular weight is 582 g/mol. The molecule has 3 heterocycles. The van der Waals surface area contributed by atoms with E-state index in [0.29, 0.717) is 47.6 Å². The van der Waals surface area contributed by atoms with Crippen LogP contribution in [0, 0.1) is 5.92 Å². The monoisotopic (exact) mass is 581 g/mol. The number of carbonyl (C=O) groups excluding carboxylic acids is 2. The van der Waals surface area contributed by atoms with Crippen molar-refractivity contribution in [3.63, 3.8) is 0 Å². The molecule has 42 heavy (non-hydrogen) atoms. The number of halogens is 1. The fourth-order valence-electron chi connectivity index (χ4n) is 5.48. The minimum absolute atomic E-state index is 0.00685. The molecule has 5 N–H and O–H groups in total. The third-order valence-electron chi connectivity index (χ3n) is 7.79. The Bertz CT molecular complexity index is 1620. The van der Waals surface area contributed by atoms with Crippen molar-refractivity contribution in [3.8, 4) is 0 Å². The second-order valence-corrected chi connectivity index (χ2v) is 11.2. The fraction of sp³-hybridized carbons (Fsp3) is 0.250. The first-order valence-electron chi connectivity index (χ1n) is 14.1. The summed E-state index contributed by atoms with van der Waals surface area (Å²) in [6, 6.07) is 21.0. The van der Waals surface area contributed by atoms with E-state index in [9.17, 15) is 9.59 Å². The maximum atomic E-state index is 13.2. The molecule has 0 spiro atoms. The molecule has 3 aromatic carbocycles. The second kappa shape index (κ2) is 12.1. The van der Waals surface area contributed by atoms with Gasteiger partial charge in [0.1, 0.15) is 5.02 Å². The Morgan fingerprint density at radius 2 is 1.76 bits per heavy atom. The molecule has 0 atom stereocenters. The number of carbonyl (C=O) groups is 2. The highest BCUT2D eigenvalue weighted by molar-refractivity contribution is 6.32. The zero-order chi connectivity index (χ0) is 29.1. The molecule has 2 aliphatic rings. The molecule has 0 saturated carbocycles. The van der Waals surface area contributed by atoms with Gasteiger partial charge in [0.2, 0.25) is 11.9 Å². The summed E-state index contributed by atoms with van der Waals surface area (Å²) in [5.41, 5.74) is 11.7. The van der Waals surface area contributed by atoms with E-state index in [-0.39, 0.29) is 17.7 Å². The molecule has 2 amide bonds. The lowest BCUT2D eigenvalue weighted by Crippen LogP contribution is -2.39. The van der Waals surface area contributed by atoms with Gasteiger partial charge < -0.3 is 26.6 Å².